The van der Waals surface area contributed by atoms with Gasteiger partial charge < -0.3 is 15.3 Å². The SMILES string of the molecule is CC(CCC(=O)O)NC(=O)N(C)CCC(F)(F)F. The van der Waals surface area contributed by atoms with Gasteiger partial charge >= 0.3 is 18.2 Å². The highest BCUT2D eigenvalue weighted by Crippen LogP contribution is 2.19. The first-order chi connectivity index (χ1) is 8.11. The van der Waals surface area contributed by atoms with E-state index in [0.29, 0.717) is 0 Å². The number of amides is 2. The van der Waals surface area contributed by atoms with Gasteiger partial charge in [-0.15, -0.1) is 0 Å². The van der Waals surface area contributed by atoms with Gasteiger partial charge in [-0.05, 0) is 13.3 Å². The Morgan fingerprint density at radius 3 is 2.39 bits per heavy atom. The molecule has 1 unspecified atom stereocenters. The zero-order chi connectivity index (χ0) is 14.3. The molecule has 0 aromatic rings. The molecule has 0 saturated carbocycles. The van der Waals surface area contributed by atoms with Crippen LogP contribution in [-0.4, -0.2) is 47.8 Å². The maximum absolute atomic E-state index is 11.9. The Labute approximate surface area is 103 Å². The molecule has 0 bridgehead atoms. The van der Waals surface area contributed by atoms with Crippen LogP contribution in [0.4, 0.5) is 18.0 Å². The molecule has 0 spiro atoms. The van der Waals surface area contributed by atoms with Crippen LogP contribution in [0.3, 0.4) is 0 Å². The van der Waals surface area contributed by atoms with Gasteiger partial charge in [-0.1, -0.05) is 0 Å². The first-order valence-corrected chi connectivity index (χ1v) is 5.42. The maximum Gasteiger partial charge on any atom is 0.390 e. The van der Waals surface area contributed by atoms with Crippen molar-refractivity contribution in [1.29, 1.82) is 0 Å². The molecule has 8 heteroatoms. The third kappa shape index (κ3) is 8.66. The van der Waals surface area contributed by atoms with Crippen molar-refractivity contribution in [2.24, 2.45) is 0 Å². The summed E-state index contributed by atoms with van der Waals surface area (Å²) in [5.41, 5.74) is 0. The van der Waals surface area contributed by atoms with Crippen molar-refractivity contribution in [1.82, 2.24) is 10.2 Å². The van der Waals surface area contributed by atoms with Crippen LogP contribution < -0.4 is 5.32 Å². The van der Waals surface area contributed by atoms with E-state index >= 15 is 0 Å². The molecular weight excluding hydrogens is 253 g/mol. The molecular formula is C10H17F3N2O3. The molecule has 2 N–H and O–H groups in total. The average Bonchev–Trinajstić information content (AvgIpc) is 2.21. The molecule has 0 aliphatic carbocycles. The Balaban J connectivity index is 3.96. The molecule has 1 atom stereocenters. The number of carboxylic acid groups (broad SMARTS) is 1. The van der Waals surface area contributed by atoms with Gasteiger partial charge in [0.1, 0.15) is 0 Å². The second-order valence-corrected chi connectivity index (χ2v) is 4.07. The maximum atomic E-state index is 11.9. The van der Waals surface area contributed by atoms with Gasteiger partial charge in [-0.25, -0.2) is 4.79 Å². The van der Waals surface area contributed by atoms with Crippen molar-refractivity contribution >= 4 is 12.0 Å². The van der Waals surface area contributed by atoms with Gasteiger partial charge in [-0.2, -0.15) is 13.2 Å². The number of alkyl halides is 3. The zero-order valence-corrected chi connectivity index (χ0v) is 10.3. The normalized spacial score (nSPS) is 12.9. The third-order valence-corrected chi connectivity index (χ3v) is 2.24. The number of halogens is 3. The lowest BCUT2D eigenvalue weighted by molar-refractivity contribution is -0.137. The number of urea groups is 1. The molecule has 0 heterocycles. The topological polar surface area (TPSA) is 69.6 Å². The van der Waals surface area contributed by atoms with E-state index in [2.05, 4.69) is 5.32 Å². The van der Waals surface area contributed by atoms with Crippen LogP contribution >= 0.6 is 0 Å². The van der Waals surface area contributed by atoms with Crippen molar-refractivity contribution < 1.29 is 27.9 Å². The molecule has 18 heavy (non-hydrogen) atoms. The number of nitrogens with zero attached hydrogens (tertiary/aromatic N) is 1. The quantitative estimate of drug-likeness (QED) is 0.773. The van der Waals surface area contributed by atoms with Gasteiger partial charge in [0.2, 0.25) is 0 Å². The molecule has 0 aromatic heterocycles. The predicted molar refractivity (Wildman–Crippen MR) is 58.2 cm³/mol. The van der Waals surface area contributed by atoms with Crippen LogP contribution in [0.2, 0.25) is 0 Å². The highest BCUT2D eigenvalue weighted by Gasteiger charge is 2.28. The second kappa shape index (κ2) is 7.07. The molecule has 0 aromatic carbocycles. The number of rotatable bonds is 6. The zero-order valence-electron chi connectivity index (χ0n) is 10.3. The van der Waals surface area contributed by atoms with Crippen LogP contribution in [0.25, 0.3) is 0 Å². The fraction of sp³-hybridized carbons (Fsp3) is 0.800. The van der Waals surface area contributed by atoms with E-state index in [-0.39, 0.29) is 12.8 Å². The first-order valence-electron chi connectivity index (χ1n) is 5.42. The van der Waals surface area contributed by atoms with E-state index in [9.17, 15) is 22.8 Å². The van der Waals surface area contributed by atoms with Crippen molar-refractivity contribution in [3.8, 4) is 0 Å². The van der Waals surface area contributed by atoms with Crippen molar-refractivity contribution in [2.45, 2.75) is 38.4 Å². The van der Waals surface area contributed by atoms with E-state index in [0.717, 1.165) is 4.90 Å². The Kier molecular flexibility index (Phi) is 6.50. The van der Waals surface area contributed by atoms with Gasteiger partial charge in [0, 0.05) is 26.1 Å². The summed E-state index contributed by atoms with van der Waals surface area (Å²) in [6.07, 6.45) is -5.24. The van der Waals surface area contributed by atoms with Crippen LogP contribution in [0.5, 0.6) is 0 Å². The Morgan fingerprint density at radius 1 is 1.39 bits per heavy atom. The van der Waals surface area contributed by atoms with Crippen LogP contribution in [0.1, 0.15) is 26.2 Å². The van der Waals surface area contributed by atoms with E-state index in [4.69, 9.17) is 5.11 Å². The minimum atomic E-state index is -4.30. The summed E-state index contributed by atoms with van der Waals surface area (Å²) >= 11 is 0. The Bertz CT molecular complexity index is 295. The van der Waals surface area contributed by atoms with Crippen molar-refractivity contribution in [3.05, 3.63) is 0 Å². The van der Waals surface area contributed by atoms with Crippen LogP contribution in [0.15, 0.2) is 0 Å². The number of hydrogen-bond acceptors (Lipinski definition) is 2. The average molecular weight is 270 g/mol. The van der Waals surface area contributed by atoms with Gasteiger partial charge in [0.05, 0.1) is 6.42 Å². The van der Waals surface area contributed by atoms with Crippen LogP contribution in [-0.2, 0) is 4.79 Å². The number of carboxylic acids is 1. The van der Waals surface area contributed by atoms with E-state index in [1.165, 1.54) is 7.05 Å². The smallest absolute Gasteiger partial charge is 0.390 e. The molecule has 2 amide bonds. The van der Waals surface area contributed by atoms with E-state index in [1.54, 1.807) is 6.92 Å². The van der Waals surface area contributed by atoms with E-state index in [1.807, 2.05) is 0 Å². The first kappa shape index (κ1) is 16.5. The lowest BCUT2D eigenvalue weighted by Crippen LogP contribution is -2.43. The Hall–Kier alpha value is -1.47. The lowest BCUT2D eigenvalue weighted by Gasteiger charge is -2.21. The largest absolute Gasteiger partial charge is 0.481 e. The Morgan fingerprint density at radius 2 is 1.94 bits per heavy atom. The fourth-order valence-corrected chi connectivity index (χ4v) is 1.13. The van der Waals surface area contributed by atoms with Crippen LogP contribution in [0, 0.1) is 0 Å². The number of nitrogens with one attached hydrogen (secondary N) is 1. The number of carbonyl (C=O) groups excluding carboxylic acids is 1. The summed E-state index contributed by atoms with van der Waals surface area (Å²) in [6, 6.07) is -1.04. The summed E-state index contributed by atoms with van der Waals surface area (Å²) in [6.45, 7) is 1.17. The molecule has 5 nitrogen and oxygen atoms in total. The molecule has 0 saturated heterocycles. The van der Waals surface area contributed by atoms with Crippen molar-refractivity contribution in [2.75, 3.05) is 13.6 Å². The predicted octanol–water partition coefficient (Wildman–Crippen LogP) is 1.83. The van der Waals surface area contributed by atoms with Gasteiger partial charge in [0.15, 0.2) is 0 Å². The lowest BCUT2D eigenvalue weighted by atomic mass is 10.2. The minimum absolute atomic E-state index is 0.103. The number of hydrogen-bond donors (Lipinski definition) is 2. The number of carbonyl (C=O) groups is 2. The minimum Gasteiger partial charge on any atom is -0.481 e. The molecule has 0 aliphatic heterocycles. The summed E-state index contributed by atoms with van der Waals surface area (Å²) in [5, 5.41) is 10.9. The molecule has 0 radical (unpaired) electrons. The second-order valence-electron chi connectivity index (χ2n) is 4.07. The monoisotopic (exact) mass is 270 g/mol. The molecule has 0 aliphatic rings. The number of aliphatic carboxylic acids is 1. The molecule has 106 valence electrons. The van der Waals surface area contributed by atoms with Gasteiger partial charge in [-0.3, -0.25) is 4.79 Å². The summed E-state index contributed by atoms with van der Waals surface area (Å²) < 4.78 is 35.8. The van der Waals surface area contributed by atoms with E-state index < -0.39 is 37.2 Å². The third-order valence-electron chi connectivity index (χ3n) is 2.24. The highest BCUT2D eigenvalue weighted by atomic mass is 19.4. The standard InChI is InChI=1S/C10H17F3N2O3/c1-7(3-4-8(16)17)14-9(18)15(2)6-5-10(11,12)13/h7H,3-6H2,1-2H3,(H,14,18)(H,16,17). The summed E-state index contributed by atoms with van der Waals surface area (Å²) in [4.78, 5) is 22.6. The summed E-state index contributed by atoms with van der Waals surface area (Å²) in [5.74, 6) is -0.985. The highest BCUT2D eigenvalue weighted by molar-refractivity contribution is 5.74. The van der Waals surface area contributed by atoms with Gasteiger partial charge in [0.25, 0.3) is 0 Å². The fourth-order valence-electron chi connectivity index (χ4n) is 1.13. The molecule has 0 rings (SSSR count). The summed E-state index contributed by atoms with van der Waals surface area (Å²) in [7, 11) is 1.25. The van der Waals surface area contributed by atoms with Crippen molar-refractivity contribution in [3.63, 3.8) is 0 Å². The molecule has 0 fully saturated rings.